The number of benzene rings is 1. The maximum Gasteiger partial charge on any atom is 0.272 e. The second-order valence-electron chi connectivity index (χ2n) is 5.55. The van der Waals surface area contributed by atoms with Crippen LogP contribution in [0.15, 0.2) is 36.5 Å². The summed E-state index contributed by atoms with van der Waals surface area (Å²) in [4.78, 5) is 12.2. The molecule has 0 bridgehead atoms. The van der Waals surface area contributed by atoms with Crippen LogP contribution in [0.25, 0.3) is 5.69 Å². The topological polar surface area (TPSA) is 82.2 Å². The van der Waals surface area contributed by atoms with E-state index in [4.69, 9.17) is 10.5 Å². The number of nitrogens with zero attached hydrogens (tertiary/aromatic N) is 2. The molecular weight excluding hydrogens is 268 g/mol. The highest BCUT2D eigenvalue weighted by Gasteiger charge is 2.32. The Morgan fingerprint density at radius 2 is 2.14 bits per heavy atom. The molecule has 110 valence electrons. The van der Waals surface area contributed by atoms with E-state index < -0.39 is 0 Å². The fraction of sp³-hybridized carbons (Fsp3) is 0.333. The SMILES string of the molecule is CC1(NC(=O)c2ccn(-c3ccc(N)cc3)n2)CCOC1. The Balaban J connectivity index is 1.75. The van der Waals surface area contributed by atoms with Gasteiger partial charge in [-0.25, -0.2) is 4.68 Å². The highest BCUT2D eigenvalue weighted by molar-refractivity contribution is 5.92. The summed E-state index contributed by atoms with van der Waals surface area (Å²) in [6.07, 6.45) is 2.57. The molecule has 21 heavy (non-hydrogen) atoms. The lowest BCUT2D eigenvalue weighted by atomic mass is 10.0. The molecule has 3 rings (SSSR count). The van der Waals surface area contributed by atoms with Gasteiger partial charge in [-0.05, 0) is 43.7 Å². The highest BCUT2D eigenvalue weighted by Crippen LogP contribution is 2.18. The third-order valence-electron chi connectivity index (χ3n) is 3.61. The van der Waals surface area contributed by atoms with Gasteiger partial charge in [0.2, 0.25) is 0 Å². The number of carbonyl (C=O) groups excluding carboxylic acids is 1. The van der Waals surface area contributed by atoms with Crippen LogP contribution in [0.1, 0.15) is 23.8 Å². The third kappa shape index (κ3) is 2.90. The van der Waals surface area contributed by atoms with Gasteiger partial charge in [0.25, 0.3) is 5.91 Å². The lowest BCUT2D eigenvalue weighted by Crippen LogP contribution is -2.46. The monoisotopic (exact) mass is 286 g/mol. The Morgan fingerprint density at radius 1 is 1.38 bits per heavy atom. The van der Waals surface area contributed by atoms with Gasteiger partial charge in [-0.15, -0.1) is 0 Å². The fourth-order valence-electron chi connectivity index (χ4n) is 2.32. The molecule has 1 saturated heterocycles. The first-order valence-corrected chi connectivity index (χ1v) is 6.88. The van der Waals surface area contributed by atoms with Crippen LogP contribution in [-0.4, -0.2) is 34.4 Å². The van der Waals surface area contributed by atoms with E-state index in [1.807, 2.05) is 19.1 Å². The van der Waals surface area contributed by atoms with E-state index in [-0.39, 0.29) is 11.4 Å². The molecule has 1 aliphatic heterocycles. The van der Waals surface area contributed by atoms with E-state index in [1.165, 1.54) is 0 Å². The number of ether oxygens (including phenoxy) is 1. The van der Waals surface area contributed by atoms with Crippen LogP contribution >= 0.6 is 0 Å². The number of aromatic nitrogens is 2. The average molecular weight is 286 g/mol. The van der Waals surface area contributed by atoms with Crippen molar-refractivity contribution < 1.29 is 9.53 Å². The van der Waals surface area contributed by atoms with Crippen molar-refractivity contribution in [2.24, 2.45) is 0 Å². The van der Waals surface area contributed by atoms with Crippen molar-refractivity contribution in [3.8, 4) is 5.69 Å². The predicted octanol–water partition coefficient (Wildman–Crippen LogP) is 1.36. The molecule has 0 aliphatic carbocycles. The quantitative estimate of drug-likeness (QED) is 0.835. The highest BCUT2D eigenvalue weighted by atomic mass is 16.5. The molecule has 0 saturated carbocycles. The van der Waals surface area contributed by atoms with Gasteiger partial charge in [0.1, 0.15) is 0 Å². The lowest BCUT2D eigenvalue weighted by Gasteiger charge is -2.22. The molecule has 1 aromatic heterocycles. The van der Waals surface area contributed by atoms with Crippen molar-refractivity contribution in [1.29, 1.82) is 0 Å². The van der Waals surface area contributed by atoms with Crippen molar-refractivity contribution in [3.63, 3.8) is 0 Å². The second kappa shape index (κ2) is 5.21. The van der Waals surface area contributed by atoms with Gasteiger partial charge >= 0.3 is 0 Å². The summed E-state index contributed by atoms with van der Waals surface area (Å²) >= 11 is 0. The van der Waals surface area contributed by atoms with Crippen LogP contribution in [-0.2, 0) is 4.74 Å². The lowest BCUT2D eigenvalue weighted by molar-refractivity contribution is 0.0884. The number of amides is 1. The van der Waals surface area contributed by atoms with Crippen LogP contribution in [0.4, 0.5) is 5.69 Å². The van der Waals surface area contributed by atoms with Gasteiger partial charge in [-0.1, -0.05) is 0 Å². The van der Waals surface area contributed by atoms with E-state index in [0.717, 1.165) is 12.1 Å². The molecule has 1 aromatic carbocycles. The summed E-state index contributed by atoms with van der Waals surface area (Å²) in [6.45, 7) is 3.20. The van der Waals surface area contributed by atoms with E-state index in [2.05, 4.69) is 10.4 Å². The zero-order valence-corrected chi connectivity index (χ0v) is 11.9. The Bertz CT molecular complexity index is 642. The molecule has 1 fully saturated rings. The van der Waals surface area contributed by atoms with Crippen molar-refractivity contribution >= 4 is 11.6 Å². The van der Waals surface area contributed by atoms with Gasteiger partial charge in [-0.2, -0.15) is 5.10 Å². The molecule has 1 unspecified atom stereocenters. The van der Waals surface area contributed by atoms with Crippen LogP contribution < -0.4 is 11.1 Å². The van der Waals surface area contributed by atoms with Gasteiger partial charge < -0.3 is 15.8 Å². The Morgan fingerprint density at radius 3 is 2.81 bits per heavy atom. The van der Waals surface area contributed by atoms with Gasteiger partial charge in [0, 0.05) is 18.5 Å². The molecule has 2 heterocycles. The molecule has 0 radical (unpaired) electrons. The van der Waals surface area contributed by atoms with E-state index in [0.29, 0.717) is 24.6 Å². The predicted molar refractivity (Wildman–Crippen MR) is 79.3 cm³/mol. The van der Waals surface area contributed by atoms with Crippen molar-refractivity contribution in [1.82, 2.24) is 15.1 Å². The molecule has 0 spiro atoms. The summed E-state index contributed by atoms with van der Waals surface area (Å²) in [5.74, 6) is -0.183. The summed E-state index contributed by atoms with van der Waals surface area (Å²) in [6, 6.07) is 9.01. The van der Waals surface area contributed by atoms with E-state index >= 15 is 0 Å². The van der Waals surface area contributed by atoms with Crippen molar-refractivity contribution in [2.45, 2.75) is 18.9 Å². The number of nitrogens with one attached hydrogen (secondary N) is 1. The summed E-state index contributed by atoms with van der Waals surface area (Å²) in [7, 11) is 0. The van der Waals surface area contributed by atoms with Crippen LogP contribution in [0.5, 0.6) is 0 Å². The molecule has 2 aromatic rings. The maximum absolute atomic E-state index is 12.2. The molecule has 1 amide bonds. The fourth-order valence-corrected chi connectivity index (χ4v) is 2.32. The summed E-state index contributed by atoms with van der Waals surface area (Å²) in [5.41, 5.74) is 7.30. The second-order valence-corrected chi connectivity index (χ2v) is 5.55. The summed E-state index contributed by atoms with van der Waals surface area (Å²) in [5, 5.41) is 7.29. The zero-order chi connectivity index (χ0) is 14.9. The number of nitrogens with two attached hydrogens (primary N) is 1. The molecule has 6 heteroatoms. The molecule has 3 N–H and O–H groups in total. The molecular formula is C15H18N4O2. The molecule has 6 nitrogen and oxygen atoms in total. The standard InChI is InChI=1S/C15H18N4O2/c1-15(7-9-21-10-15)17-14(20)13-6-8-19(18-13)12-4-2-11(16)3-5-12/h2-6,8H,7,9-10,16H2,1H3,(H,17,20). The third-order valence-corrected chi connectivity index (χ3v) is 3.61. The van der Waals surface area contributed by atoms with Crippen molar-refractivity contribution in [2.75, 3.05) is 18.9 Å². The number of hydrogen-bond donors (Lipinski definition) is 2. The molecule has 1 aliphatic rings. The Labute approximate surface area is 122 Å². The molecule has 1 atom stereocenters. The first kappa shape index (κ1) is 13.6. The van der Waals surface area contributed by atoms with Gasteiger partial charge in [-0.3, -0.25) is 4.79 Å². The number of rotatable bonds is 3. The van der Waals surface area contributed by atoms with Gasteiger partial charge in [0.15, 0.2) is 5.69 Å². The Hall–Kier alpha value is -2.34. The number of carbonyl (C=O) groups is 1. The van der Waals surface area contributed by atoms with E-state index in [1.54, 1.807) is 29.1 Å². The van der Waals surface area contributed by atoms with Crippen LogP contribution in [0, 0.1) is 0 Å². The number of hydrogen-bond acceptors (Lipinski definition) is 4. The van der Waals surface area contributed by atoms with Crippen LogP contribution in [0.2, 0.25) is 0 Å². The van der Waals surface area contributed by atoms with Crippen LogP contribution in [0.3, 0.4) is 0 Å². The largest absolute Gasteiger partial charge is 0.399 e. The average Bonchev–Trinajstić information content (AvgIpc) is 3.09. The normalized spacial score (nSPS) is 21.4. The maximum atomic E-state index is 12.2. The smallest absolute Gasteiger partial charge is 0.272 e. The number of nitrogen functional groups attached to an aromatic ring is 1. The van der Waals surface area contributed by atoms with Gasteiger partial charge in [0.05, 0.1) is 17.8 Å². The van der Waals surface area contributed by atoms with E-state index in [9.17, 15) is 4.79 Å². The minimum atomic E-state index is -0.304. The first-order valence-electron chi connectivity index (χ1n) is 6.88. The minimum Gasteiger partial charge on any atom is -0.399 e. The minimum absolute atomic E-state index is 0.183. The zero-order valence-electron chi connectivity index (χ0n) is 11.9. The Kier molecular flexibility index (Phi) is 3.39. The van der Waals surface area contributed by atoms with Crippen molar-refractivity contribution in [3.05, 3.63) is 42.2 Å². The number of anilines is 1. The summed E-state index contributed by atoms with van der Waals surface area (Å²) < 4.78 is 6.98. The first-order chi connectivity index (χ1) is 10.1.